The predicted octanol–water partition coefficient (Wildman–Crippen LogP) is 5.03. The maximum absolute atomic E-state index is 12.6. The van der Waals surface area contributed by atoms with E-state index in [1.165, 1.54) is 0 Å². The molecule has 0 saturated heterocycles. The molecule has 1 saturated carbocycles. The number of hydrogen-bond donors (Lipinski definition) is 4. The monoisotopic (exact) mass is 512 g/mol. The first-order valence-electron chi connectivity index (χ1n) is 11.7. The molecular formula is C26H30Cl2N6O. The molecule has 0 unspecified atom stereocenters. The van der Waals surface area contributed by atoms with Crippen molar-refractivity contribution < 1.29 is 0 Å². The summed E-state index contributed by atoms with van der Waals surface area (Å²) < 4.78 is 1.70. The number of fused-ring (bicyclic) bond motifs is 1. The zero-order valence-corrected chi connectivity index (χ0v) is 20.9. The largest absolute Gasteiger partial charge is 0.384 e. The van der Waals surface area contributed by atoms with Crippen LogP contribution in [0.1, 0.15) is 31.2 Å². The zero-order chi connectivity index (χ0) is 23.7. The summed E-state index contributed by atoms with van der Waals surface area (Å²) in [5.41, 5.74) is 16.9. The van der Waals surface area contributed by atoms with Crippen LogP contribution in [0.4, 0.5) is 11.5 Å². The van der Waals surface area contributed by atoms with Crippen LogP contribution in [0.15, 0.2) is 59.5 Å². The van der Waals surface area contributed by atoms with E-state index in [0.29, 0.717) is 29.3 Å². The molecule has 7 nitrogen and oxygen atoms in total. The van der Waals surface area contributed by atoms with E-state index in [9.17, 15) is 4.79 Å². The second-order valence-electron chi connectivity index (χ2n) is 9.23. The van der Waals surface area contributed by atoms with E-state index in [-0.39, 0.29) is 18.0 Å². The Morgan fingerprint density at radius 1 is 1.09 bits per heavy atom. The Morgan fingerprint density at radius 2 is 1.89 bits per heavy atom. The highest BCUT2D eigenvalue weighted by atomic mass is 35.5. The highest BCUT2D eigenvalue weighted by Crippen LogP contribution is 2.34. The molecule has 2 aromatic carbocycles. The van der Waals surface area contributed by atoms with E-state index in [1.54, 1.807) is 10.6 Å². The fraction of sp³-hybridized carbons (Fsp3) is 0.308. The van der Waals surface area contributed by atoms with Crippen LogP contribution in [0.2, 0.25) is 5.02 Å². The molecule has 1 aliphatic carbocycles. The van der Waals surface area contributed by atoms with Gasteiger partial charge in [-0.25, -0.2) is 0 Å². The highest BCUT2D eigenvalue weighted by molar-refractivity contribution is 6.30. The Labute approximate surface area is 215 Å². The fourth-order valence-corrected chi connectivity index (χ4v) is 5.01. The molecule has 0 radical (unpaired) electrons. The summed E-state index contributed by atoms with van der Waals surface area (Å²) in [5.74, 6) is 1.06. The Hall–Kier alpha value is -3.00. The summed E-state index contributed by atoms with van der Waals surface area (Å²) in [6.45, 7) is 1.31. The van der Waals surface area contributed by atoms with Gasteiger partial charge >= 0.3 is 0 Å². The molecule has 6 N–H and O–H groups in total. The van der Waals surface area contributed by atoms with Crippen molar-refractivity contribution in [2.45, 2.75) is 38.3 Å². The number of pyridine rings is 1. The summed E-state index contributed by atoms with van der Waals surface area (Å²) >= 11 is 6.13. The molecule has 1 fully saturated rings. The summed E-state index contributed by atoms with van der Waals surface area (Å²) in [4.78, 5) is 12.6. The van der Waals surface area contributed by atoms with Crippen LogP contribution in [0.25, 0.3) is 22.0 Å². The number of aromatic nitrogens is 3. The maximum Gasteiger partial charge on any atom is 0.250 e. The van der Waals surface area contributed by atoms with Crippen molar-refractivity contribution in [1.82, 2.24) is 14.8 Å². The first-order valence-corrected chi connectivity index (χ1v) is 12.1. The number of nitrogens with one attached hydrogen (secondary N) is 2. The van der Waals surface area contributed by atoms with Crippen LogP contribution in [-0.4, -0.2) is 27.4 Å². The molecule has 2 aromatic heterocycles. The summed E-state index contributed by atoms with van der Waals surface area (Å²) in [7, 11) is 0. The molecule has 184 valence electrons. The molecule has 9 heteroatoms. The van der Waals surface area contributed by atoms with Gasteiger partial charge in [0.15, 0.2) is 5.82 Å². The number of hydrogen-bond acceptors (Lipinski definition) is 5. The molecule has 0 spiro atoms. The van der Waals surface area contributed by atoms with Crippen molar-refractivity contribution in [3.05, 3.63) is 75.7 Å². The number of benzene rings is 2. The van der Waals surface area contributed by atoms with Gasteiger partial charge in [-0.3, -0.25) is 9.89 Å². The smallest absolute Gasteiger partial charge is 0.250 e. The van der Waals surface area contributed by atoms with E-state index < -0.39 is 0 Å². The average molecular weight is 513 g/mol. The summed E-state index contributed by atoms with van der Waals surface area (Å²) in [5, 5.41) is 12.4. The van der Waals surface area contributed by atoms with Gasteiger partial charge in [-0.15, -0.1) is 12.4 Å². The van der Waals surface area contributed by atoms with Crippen LogP contribution >= 0.6 is 24.0 Å². The average Bonchev–Trinajstić information content (AvgIpc) is 3.21. The lowest BCUT2D eigenvalue weighted by Crippen LogP contribution is -2.29. The minimum absolute atomic E-state index is 0. The van der Waals surface area contributed by atoms with Crippen LogP contribution in [0, 0.1) is 5.92 Å². The quantitative estimate of drug-likeness (QED) is 0.289. The molecule has 0 aliphatic heterocycles. The van der Waals surface area contributed by atoms with Crippen molar-refractivity contribution in [3.63, 3.8) is 0 Å². The molecule has 0 atom stereocenters. The molecule has 4 aromatic rings. The fourth-order valence-electron chi connectivity index (χ4n) is 4.79. The topological polar surface area (TPSA) is 115 Å². The van der Waals surface area contributed by atoms with Gasteiger partial charge in [-0.2, -0.15) is 5.10 Å². The third-order valence-electron chi connectivity index (χ3n) is 6.72. The van der Waals surface area contributed by atoms with Crippen molar-refractivity contribution in [3.8, 4) is 11.1 Å². The number of nitrogen functional groups attached to an aromatic ring is 1. The Morgan fingerprint density at radius 3 is 2.66 bits per heavy atom. The highest BCUT2D eigenvalue weighted by Gasteiger charge is 2.19. The van der Waals surface area contributed by atoms with Crippen molar-refractivity contribution in [2.24, 2.45) is 11.7 Å². The van der Waals surface area contributed by atoms with Crippen LogP contribution < -0.4 is 22.3 Å². The van der Waals surface area contributed by atoms with Gasteiger partial charge in [0, 0.05) is 35.6 Å². The van der Waals surface area contributed by atoms with Crippen molar-refractivity contribution in [1.29, 1.82) is 0 Å². The Balaban J connectivity index is 0.00000289. The van der Waals surface area contributed by atoms with E-state index in [4.69, 9.17) is 23.1 Å². The normalized spacial score (nSPS) is 17.8. The maximum atomic E-state index is 12.6. The van der Waals surface area contributed by atoms with Crippen LogP contribution in [-0.2, 0) is 6.54 Å². The number of nitrogens with two attached hydrogens (primary N) is 2. The molecular weight excluding hydrogens is 483 g/mol. The van der Waals surface area contributed by atoms with Gasteiger partial charge in [-0.05, 0) is 78.6 Å². The van der Waals surface area contributed by atoms with E-state index in [2.05, 4.69) is 21.6 Å². The second-order valence-corrected chi connectivity index (χ2v) is 9.67. The van der Waals surface area contributed by atoms with E-state index >= 15 is 0 Å². The second kappa shape index (κ2) is 10.7. The molecule has 5 rings (SSSR count). The van der Waals surface area contributed by atoms with Gasteiger partial charge in [0.2, 0.25) is 0 Å². The van der Waals surface area contributed by atoms with Crippen molar-refractivity contribution >= 4 is 46.4 Å². The molecule has 0 bridgehead atoms. The lowest BCUT2D eigenvalue weighted by atomic mass is 9.86. The molecule has 2 heterocycles. The van der Waals surface area contributed by atoms with Crippen molar-refractivity contribution in [2.75, 3.05) is 17.6 Å². The van der Waals surface area contributed by atoms with Gasteiger partial charge in [0.05, 0.1) is 17.4 Å². The molecule has 0 amide bonds. The SMILES string of the molecule is Cl.Nc1n[nH]c2cc(-c3ccc(=O)n(Cc4cccc(Cl)c4)c3)cc(NCC3CCC(N)CC3)c12. The number of halogens is 2. The minimum Gasteiger partial charge on any atom is -0.384 e. The number of nitrogens with zero attached hydrogens (tertiary/aromatic N) is 2. The number of aromatic amines is 1. The lowest BCUT2D eigenvalue weighted by Gasteiger charge is -2.26. The Bertz CT molecular complexity index is 1370. The number of H-pyrrole nitrogens is 1. The number of anilines is 2. The van der Waals surface area contributed by atoms with Crippen LogP contribution in [0.3, 0.4) is 0 Å². The standard InChI is InChI=1S/C26H29ClN6O.ClH/c27-20-3-1-2-17(10-20)14-33-15-18(6-9-24(33)34)19-11-22(25-23(12-19)31-32-26(25)29)30-13-16-4-7-21(28)8-5-16;/h1-3,6,9-12,15-16,21,30H,4-5,7-8,13-14,28H2,(H3,29,31,32);1H. The third kappa shape index (κ3) is 5.64. The predicted molar refractivity (Wildman–Crippen MR) is 146 cm³/mol. The Kier molecular flexibility index (Phi) is 7.69. The molecule has 35 heavy (non-hydrogen) atoms. The van der Waals surface area contributed by atoms with Gasteiger partial charge in [-0.1, -0.05) is 23.7 Å². The first-order chi connectivity index (χ1) is 16.5. The number of rotatable bonds is 6. The first kappa shape index (κ1) is 25.1. The van der Waals surface area contributed by atoms with Gasteiger partial charge in [0.25, 0.3) is 5.56 Å². The van der Waals surface area contributed by atoms with E-state index in [0.717, 1.165) is 65.5 Å². The molecule has 1 aliphatic rings. The third-order valence-corrected chi connectivity index (χ3v) is 6.96. The zero-order valence-electron chi connectivity index (χ0n) is 19.3. The van der Waals surface area contributed by atoms with Gasteiger partial charge < -0.3 is 21.4 Å². The summed E-state index contributed by atoms with van der Waals surface area (Å²) in [6, 6.07) is 15.4. The van der Waals surface area contributed by atoms with E-state index in [1.807, 2.05) is 42.6 Å². The minimum atomic E-state index is -0.0653. The lowest BCUT2D eigenvalue weighted by molar-refractivity contribution is 0.339. The van der Waals surface area contributed by atoms with Gasteiger partial charge in [0.1, 0.15) is 0 Å². The van der Waals surface area contributed by atoms with Crippen LogP contribution in [0.5, 0.6) is 0 Å². The summed E-state index contributed by atoms with van der Waals surface area (Å²) in [6.07, 6.45) is 6.29.